The SMILES string of the molecule is Cc1ccc(N(CC(=O)Nc2ccc(C(C)C)cc2)S(=O)(=O)c2ccccc2)cc1C. The molecule has 0 bridgehead atoms. The van der Waals surface area contributed by atoms with Gasteiger partial charge in [0, 0.05) is 5.69 Å². The van der Waals surface area contributed by atoms with Crippen molar-refractivity contribution in [1.82, 2.24) is 0 Å². The largest absolute Gasteiger partial charge is 0.325 e. The third-order valence-corrected chi connectivity index (χ3v) is 7.05. The van der Waals surface area contributed by atoms with E-state index in [1.807, 2.05) is 44.2 Å². The smallest absolute Gasteiger partial charge is 0.264 e. The molecule has 0 aliphatic carbocycles. The van der Waals surface area contributed by atoms with Crippen molar-refractivity contribution >= 4 is 27.3 Å². The Hall–Kier alpha value is -3.12. The minimum atomic E-state index is -3.92. The predicted molar refractivity (Wildman–Crippen MR) is 126 cm³/mol. The summed E-state index contributed by atoms with van der Waals surface area (Å²) in [5.74, 6) is -0.0175. The van der Waals surface area contributed by atoms with Gasteiger partial charge in [-0.15, -0.1) is 0 Å². The van der Waals surface area contributed by atoms with E-state index in [4.69, 9.17) is 0 Å². The van der Waals surface area contributed by atoms with Gasteiger partial charge in [0.25, 0.3) is 10.0 Å². The lowest BCUT2D eigenvalue weighted by atomic mass is 10.0. The first-order chi connectivity index (χ1) is 14.7. The van der Waals surface area contributed by atoms with Crippen molar-refractivity contribution in [1.29, 1.82) is 0 Å². The molecule has 5 nitrogen and oxygen atoms in total. The molecule has 3 aromatic rings. The summed E-state index contributed by atoms with van der Waals surface area (Å²) in [5, 5.41) is 2.81. The van der Waals surface area contributed by atoms with Gasteiger partial charge in [-0.05, 0) is 72.9 Å². The summed E-state index contributed by atoms with van der Waals surface area (Å²) in [6, 6.07) is 21.1. The van der Waals surface area contributed by atoms with Crippen LogP contribution in [0.1, 0.15) is 36.5 Å². The Kier molecular flexibility index (Phi) is 6.81. The van der Waals surface area contributed by atoms with Crippen molar-refractivity contribution < 1.29 is 13.2 Å². The van der Waals surface area contributed by atoms with E-state index in [-0.39, 0.29) is 11.4 Å². The lowest BCUT2D eigenvalue weighted by Gasteiger charge is -2.25. The quantitative estimate of drug-likeness (QED) is 0.549. The monoisotopic (exact) mass is 436 g/mol. The fraction of sp³-hybridized carbons (Fsp3) is 0.240. The van der Waals surface area contributed by atoms with Crippen molar-refractivity contribution in [2.24, 2.45) is 0 Å². The van der Waals surface area contributed by atoms with Crippen molar-refractivity contribution in [3.63, 3.8) is 0 Å². The van der Waals surface area contributed by atoms with E-state index >= 15 is 0 Å². The van der Waals surface area contributed by atoms with Crippen molar-refractivity contribution in [2.45, 2.75) is 38.5 Å². The molecule has 3 rings (SSSR count). The molecule has 0 atom stereocenters. The molecular weight excluding hydrogens is 408 g/mol. The second kappa shape index (κ2) is 9.35. The number of hydrogen-bond donors (Lipinski definition) is 1. The minimum Gasteiger partial charge on any atom is -0.325 e. The van der Waals surface area contributed by atoms with Gasteiger partial charge in [0.1, 0.15) is 6.54 Å². The zero-order chi connectivity index (χ0) is 22.6. The number of sulfonamides is 1. The molecule has 0 aliphatic rings. The molecule has 162 valence electrons. The average molecular weight is 437 g/mol. The summed E-state index contributed by atoms with van der Waals surface area (Å²) in [5.41, 5.74) is 4.26. The van der Waals surface area contributed by atoms with Gasteiger partial charge in [0.2, 0.25) is 5.91 Å². The molecular formula is C25H28N2O3S. The number of hydrogen-bond acceptors (Lipinski definition) is 3. The van der Waals surface area contributed by atoms with E-state index < -0.39 is 15.9 Å². The summed E-state index contributed by atoms with van der Waals surface area (Å²) in [6.07, 6.45) is 0. The van der Waals surface area contributed by atoms with Gasteiger partial charge in [-0.25, -0.2) is 8.42 Å². The maximum atomic E-state index is 13.4. The van der Waals surface area contributed by atoms with Gasteiger partial charge in [-0.3, -0.25) is 9.10 Å². The number of anilines is 2. The molecule has 0 radical (unpaired) electrons. The lowest BCUT2D eigenvalue weighted by Crippen LogP contribution is -2.38. The van der Waals surface area contributed by atoms with Gasteiger partial charge < -0.3 is 5.32 Å². The first-order valence-electron chi connectivity index (χ1n) is 10.2. The number of aryl methyl sites for hydroxylation is 2. The van der Waals surface area contributed by atoms with Crippen molar-refractivity contribution in [2.75, 3.05) is 16.2 Å². The number of nitrogens with one attached hydrogen (secondary N) is 1. The summed E-state index contributed by atoms with van der Waals surface area (Å²) in [7, 11) is -3.92. The standard InChI is InChI=1S/C25H28N2O3S/c1-18(2)21-11-13-22(14-12-21)26-25(28)17-27(23-15-10-19(3)20(4)16-23)31(29,30)24-8-6-5-7-9-24/h5-16,18H,17H2,1-4H3,(H,26,28). The zero-order valence-electron chi connectivity index (χ0n) is 18.3. The predicted octanol–water partition coefficient (Wildman–Crippen LogP) is 5.26. The van der Waals surface area contributed by atoms with Gasteiger partial charge in [0.15, 0.2) is 0 Å². The maximum absolute atomic E-state index is 13.4. The van der Waals surface area contributed by atoms with Gasteiger partial charge >= 0.3 is 0 Å². The van der Waals surface area contributed by atoms with Crippen LogP contribution in [0.15, 0.2) is 77.7 Å². The van der Waals surface area contributed by atoms with Gasteiger partial charge in [0.05, 0.1) is 10.6 Å². The number of carbonyl (C=O) groups excluding carboxylic acids is 1. The third-order valence-electron chi connectivity index (χ3n) is 5.26. The molecule has 0 fully saturated rings. The van der Waals surface area contributed by atoms with Crippen LogP contribution < -0.4 is 9.62 Å². The van der Waals surface area contributed by atoms with Crippen LogP contribution >= 0.6 is 0 Å². The highest BCUT2D eigenvalue weighted by atomic mass is 32.2. The third kappa shape index (κ3) is 5.33. The highest BCUT2D eigenvalue weighted by Gasteiger charge is 2.27. The molecule has 0 unspecified atom stereocenters. The van der Waals surface area contributed by atoms with Crippen LogP contribution in [0.5, 0.6) is 0 Å². The summed E-state index contributed by atoms with van der Waals surface area (Å²) < 4.78 is 27.9. The highest BCUT2D eigenvalue weighted by Crippen LogP contribution is 2.26. The van der Waals surface area contributed by atoms with Gasteiger partial charge in [-0.1, -0.05) is 50.2 Å². The van der Waals surface area contributed by atoms with E-state index in [0.717, 1.165) is 15.4 Å². The fourth-order valence-corrected chi connectivity index (χ4v) is 4.63. The summed E-state index contributed by atoms with van der Waals surface area (Å²) in [4.78, 5) is 13.0. The van der Waals surface area contributed by atoms with Gasteiger partial charge in [-0.2, -0.15) is 0 Å². The molecule has 0 saturated carbocycles. The van der Waals surface area contributed by atoms with E-state index in [9.17, 15) is 13.2 Å². The molecule has 31 heavy (non-hydrogen) atoms. The van der Waals surface area contributed by atoms with Crippen LogP contribution in [0.2, 0.25) is 0 Å². The Morgan fingerprint density at radius 3 is 2.13 bits per heavy atom. The molecule has 3 aromatic carbocycles. The number of rotatable bonds is 7. The second-order valence-electron chi connectivity index (χ2n) is 7.92. The normalized spacial score (nSPS) is 11.4. The Balaban J connectivity index is 1.91. The van der Waals surface area contributed by atoms with Crippen LogP contribution in [0.4, 0.5) is 11.4 Å². The Morgan fingerprint density at radius 1 is 0.903 bits per heavy atom. The zero-order valence-corrected chi connectivity index (χ0v) is 19.1. The first kappa shape index (κ1) is 22.6. The summed E-state index contributed by atoms with van der Waals surface area (Å²) in [6.45, 7) is 7.75. The number of nitrogens with zero attached hydrogens (tertiary/aromatic N) is 1. The highest BCUT2D eigenvalue weighted by molar-refractivity contribution is 7.92. The maximum Gasteiger partial charge on any atom is 0.264 e. The molecule has 1 N–H and O–H groups in total. The molecule has 0 heterocycles. The molecule has 6 heteroatoms. The Labute approximate surface area is 184 Å². The van der Waals surface area contributed by atoms with Crippen molar-refractivity contribution in [3.8, 4) is 0 Å². The van der Waals surface area contributed by atoms with E-state index in [1.165, 1.54) is 17.7 Å². The number of amides is 1. The van der Waals surface area contributed by atoms with Crippen LogP contribution in [-0.2, 0) is 14.8 Å². The lowest BCUT2D eigenvalue weighted by molar-refractivity contribution is -0.114. The number of carbonyl (C=O) groups is 1. The van der Waals surface area contributed by atoms with Crippen LogP contribution in [0, 0.1) is 13.8 Å². The van der Waals surface area contributed by atoms with E-state index in [2.05, 4.69) is 19.2 Å². The Morgan fingerprint density at radius 2 is 1.55 bits per heavy atom. The first-order valence-corrected chi connectivity index (χ1v) is 11.7. The fourth-order valence-electron chi connectivity index (χ4n) is 3.20. The molecule has 0 aliphatic heterocycles. The minimum absolute atomic E-state index is 0.141. The van der Waals surface area contributed by atoms with Crippen LogP contribution in [0.25, 0.3) is 0 Å². The average Bonchev–Trinajstić information content (AvgIpc) is 2.75. The molecule has 0 aromatic heterocycles. The van der Waals surface area contributed by atoms with Crippen molar-refractivity contribution in [3.05, 3.63) is 89.5 Å². The van der Waals surface area contributed by atoms with Crippen LogP contribution in [-0.4, -0.2) is 20.9 Å². The van der Waals surface area contributed by atoms with E-state index in [1.54, 1.807) is 30.3 Å². The second-order valence-corrected chi connectivity index (χ2v) is 9.78. The van der Waals surface area contributed by atoms with Crippen LogP contribution in [0.3, 0.4) is 0 Å². The molecule has 0 spiro atoms. The molecule has 1 amide bonds. The Bertz CT molecular complexity index is 1160. The topological polar surface area (TPSA) is 66.5 Å². The number of benzene rings is 3. The molecule has 0 saturated heterocycles. The van der Waals surface area contributed by atoms with E-state index in [0.29, 0.717) is 17.3 Å². The summed E-state index contributed by atoms with van der Waals surface area (Å²) >= 11 is 0.